The molecule has 0 bridgehead atoms. The number of phosphoric acid groups is 1. The average molecular weight is 756 g/mol. The molecule has 0 aromatic heterocycles. The second-order valence-corrected chi connectivity index (χ2v) is 14.5. The van der Waals surface area contributed by atoms with E-state index in [0.29, 0.717) is 12.8 Å². The van der Waals surface area contributed by atoms with Crippen molar-refractivity contribution in [3.63, 3.8) is 0 Å². The molecule has 4 N–H and O–H groups in total. The molecule has 0 amide bonds. The fourth-order valence-electron chi connectivity index (χ4n) is 4.89. The molecule has 0 saturated heterocycles. The molecule has 12 heteroatoms. The molecule has 0 radical (unpaired) electrons. The normalized spacial score (nSPS) is 14.4. The zero-order chi connectivity index (χ0) is 38.5. The van der Waals surface area contributed by atoms with Gasteiger partial charge in [-0.2, -0.15) is 0 Å². The maximum Gasteiger partial charge on any atom is 0.472 e. The quantitative estimate of drug-likeness (QED) is 0.0241. The Bertz CT molecular complexity index is 1070. The highest BCUT2D eigenvalue weighted by atomic mass is 31.2. The molecule has 0 aromatic carbocycles. The summed E-state index contributed by atoms with van der Waals surface area (Å²) in [7, 11) is -4.72. The number of phosphoric ester groups is 1. The van der Waals surface area contributed by atoms with Crippen LogP contribution < -0.4 is 5.73 Å². The van der Waals surface area contributed by atoms with Gasteiger partial charge in [0, 0.05) is 12.8 Å². The van der Waals surface area contributed by atoms with Crippen LogP contribution in [-0.4, -0.2) is 59.9 Å². The number of ether oxygens (including phenoxy) is 2. The molecule has 0 heterocycles. The number of carboxylic acid groups (broad SMARTS) is 1. The molecule has 0 fully saturated rings. The molecule has 11 nitrogen and oxygen atoms in total. The molecular formula is C40H70NO10P. The van der Waals surface area contributed by atoms with Crippen molar-refractivity contribution in [2.75, 3.05) is 19.8 Å². The summed E-state index contributed by atoms with van der Waals surface area (Å²) in [4.78, 5) is 45.8. The van der Waals surface area contributed by atoms with Crippen LogP contribution in [-0.2, 0) is 37.5 Å². The zero-order valence-electron chi connectivity index (χ0n) is 32.1. The highest BCUT2D eigenvalue weighted by Crippen LogP contribution is 2.43. The standard InChI is InChI=1S/C40H70NO10P/c1-3-5-7-9-11-13-15-17-18-20-22-24-26-28-30-32-39(43)51-36(34-49-52(46,47)50-35-37(41)40(44)45)33-48-38(42)31-29-27-25-23-21-19-16-14-12-10-8-6-4-2/h11,13-14,16-18,22,24,36-37H,3-10,12,15,19-21,23,25-35,41H2,1-2H3,(H,44,45)(H,46,47)/b13-11+,16-14+,18-17+,24-22+/t36-,37+/m1/s1. The molecule has 0 saturated carbocycles. The number of aliphatic carboxylic acids is 1. The number of rotatable bonds is 36. The monoisotopic (exact) mass is 755 g/mol. The molecule has 0 rings (SSSR count). The van der Waals surface area contributed by atoms with Crippen LogP contribution in [0.3, 0.4) is 0 Å². The van der Waals surface area contributed by atoms with Gasteiger partial charge >= 0.3 is 25.7 Å². The van der Waals surface area contributed by atoms with Crippen LogP contribution in [0, 0.1) is 0 Å². The van der Waals surface area contributed by atoms with Gasteiger partial charge in [-0.15, -0.1) is 0 Å². The minimum atomic E-state index is -4.72. The van der Waals surface area contributed by atoms with Gasteiger partial charge in [-0.3, -0.25) is 23.4 Å². The third kappa shape index (κ3) is 34.5. The van der Waals surface area contributed by atoms with Crippen LogP contribution in [0.1, 0.15) is 155 Å². The van der Waals surface area contributed by atoms with E-state index in [9.17, 15) is 23.8 Å². The average Bonchev–Trinajstić information content (AvgIpc) is 3.12. The summed E-state index contributed by atoms with van der Waals surface area (Å²) < 4.78 is 32.5. The van der Waals surface area contributed by atoms with E-state index in [4.69, 9.17) is 24.8 Å². The molecular weight excluding hydrogens is 685 g/mol. The summed E-state index contributed by atoms with van der Waals surface area (Å²) in [5.74, 6) is -2.45. The zero-order valence-corrected chi connectivity index (χ0v) is 33.0. The van der Waals surface area contributed by atoms with Crippen molar-refractivity contribution in [1.29, 1.82) is 0 Å². The second-order valence-electron chi connectivity index (χ2n) is 13.1. The molecule has 0 aliphatic heterocycles. The van der Waals surface area contributed by atoms with Crippen LogP contribution in [0.5, 0.6) is 0 Å². The Balaban J connectivity index is 4.53. The number of carbonyl (C=O) groups is 3. The lowest BCUT2D eigenvalue weighted by Gasteiger charge is -2.20. The molecule has 0 aromatic rings. The Morgan fingerprint density at radius 2 is 1.02 bits per heavy atom. The highest BCUT2D eigenvalue weighted by Gasteiger charge is 2.28. The van der Waals surface area contributed by atoms with Gasteiger partial charge < -0.3 is 25.2 Å². The van der Waals surface area contributed by atoms with Crippen LogP contribution in [0.25, 0.3) is 0 Å². The van der Waals surface area contributed by atoms with Gasteiger partial charge in [0.05, 0.1) is 13.2 Å². The number of allylic oxidation sites excluding steroid dienone is 8. The largest absolute Gasteiger partial charge is 0.480 e. The van der Waals surface area contributed by atoms with Gasteiger partial charge in [-0.25, -0.2) is 4.57 Å². The van der Waals surface area contributed by atoms with E-state index in [-0.39, 0.29) is 19.4 Å². The minimum absolute atomic E-state index is 0.109. The van der Waals surface area contributed by atoms with Crippen molar-refractivity contribution in [3.8, 4) is 0 Å². The first-order valence-electron chi connectivity index (χ1n) is 19.7. The van der Waals surface area contributed by atoms with Crippen LogP contribution in [0.2, 0.25) is 0 Å². The molecule has 0 aliphatic rings. The van der Waals surface area contributed by atoms with E-state index in [1.165, 1.54) is 44.9 Å². The molecule has 1 unspecified atom stereocenters. The first-order chi connectivity index (χ1) is 25.1. The fraction of sp³-hybridized carbons (Fsp3) is 0.725. The summed E-state index contributed by atoms with van der Waals surface area (Å²) in [5, 5.41) is 8.86. The van der Waals surface area contributed by atoms with Crippen molar-refractivity contribution in [2.24, 2.45) is 5.73 Å². The minimum Gasteiger partial charge on any atom is -0.480 e. The maximum absolute atomic E-state index is 12.6. The van der Waals surface area contributed by atoms with E-state index in [1.807, 2.05) is 0 Å². The van der Waals surface area contributed by atoms with Gasteiger partial charge in [-0.1, -0.05) is 114 Å². The van der Waals surface area contributed by atoms with E-state index >= 15 is 0 Å². The predicted octanol–water partition coefficient (Wildman–Crippen LogP) is 9.83. The lowest BCUT2D eigenvalue weighted by atomic mass is 10.1. The highest BCUT2D eigenvalue weighted by molar-refractivity contribution is 7.47. The molecule has 3 atom stereocenters. The van der Waals surface area contributed by atoms with E-state index < -0.39 is 51.1 Å². The van der Waals surface area contributed by atoms with Crippen molar-refractivity contribution in [3.05, 3.63) is 48.6 Å². The number of carboxylic acids is 1. The third-order valence-corrected chi connectivity index (χ3v) is 9.00. The summed E-state index contributed by atoms with van der Waals surface area (Å²) in [6.07, 6.45) is 37.5. The lowest BCUT2D eigenvalue weighted by Crippen LogP contribution is -2.34. The number of hydrogen-bond donors (Lipinski definition) is 3. The number of esters is 2. The lowest BCUT2D eigenvalue weighted by molar-refractivity contribution is -0.161. The van der Waals surface area contributed by atoms with Crippen LogP contribution in [0.15, 0.2) is 48.6 Å². The molecule has 52 heavy (non-hydrogen) atoms. The van der Waals surface area contributed by atoms with Gasteiger partial charge in [0.15, 0.2) is 6.10 Å². The fourth-order valence-corrected chi connectivity index (χ4v) is 5.67. The van der Waals surface area contributed by atoms with Gasteiger partial charge in [0.1, 0.15) is 12.6 Å². The first-order valence-corrected chi connectivity index (χ1v) is 21.2. The maximum atomic E-state index is 12.6. The summed E-state index contributed by atoms with van der Waals surface area (Å²) in [6.45, 7) is 2.68. The van der Waals surface area contributed by atoms with Crippen molar-refractivity contribution < 1.29 is 47.5 Å². The Kier molecular flexibility index (Phi) is 33.7. The Morgan fingerprint density at radius 1 is 0.596 bits per heavy atom. The van der Waals surface area contributed by atoms with Crippen molar-refractivity contribution in [1.82, 2.24) is 0 Å². The number of carbonyl (C=O) groups excluding carboxylic acids is 2. The van der Waals surface area contributed by atoms with Crippen molar-refractivity contribution in [2.45, 2.75) is 167 Å². The predicted molar refractivity (Wildman–Crippen MR) is 208 cm³/mol. The van der Waals surface area contributed by atoms with Crippen LogP contribution >= 0.6 is 7.82 Å². The van der Waals surface area contributed by atoms with Gasteiger partial charge in [0.2, 0.25) is 0 Å². The third-order valence-electron chi connectivity index (χ3n) is 8.05. The topological polar surface area (TPSA) is 172 Å². The molecule has 0 aliphatic carbocycles. The van der Waals surface area contributed by atoms with Gasteiger partial charge in [0.25, 0.3) is 0 Å². The SMILES string of the molecule is CCCCC/C=C/C/C=C/C/C=C/CCCCC(=O)O[C@H](COC(=O)CCCCCCC/C=C/CCCCCC)COP(=O)(O)OC[C@H](N)C(=O)O. The van der Waals surface area contributed by atoms with Gasteiger partial charge in [-0.05, 0) is 77.0 Å². The Labute approximate surface area is 314 Å². The molecule has 0 spiro atoms. The summed E-state index contributed by atoms with van der Waals surface area (Å²) in [6, 6.07) is -1.53. The smallest absolute Gasteiger partial charge is 0.472 e. The summed E-state index contributed by atoms with van der Waals surface area (Å²) >= 11 is 0. The number of hydrogen-bond acceptors (Lipinski definition) is 9. The van der Waals surface area contributed by atoms with E-state index in [2.05, 4.69) is 67.0 Å². The number of unbranched alkanes of at least 4 members (excludes halogenated alkanes) is 14. The first kappa shape index (κ1) is 49.4. The Morgan fingerprint density at radius 3 is 1.62 bits per heavy atom. The van der Waals surface area contributed by atoms with E-state index in [0.717, 1.165) is 70.6 Å². The second kappa shape index (κ2) is 35.5. The van der Waals surface area contributed by atoms with Crippen LogP contribution in [0.4, 0.5) is 0 Å². The summed E-state index contributed by atoms with van der Waals surface area (Å²) in [5.41, 5.74) is 5.31. The molecule has 300 valence electrons. The van der Waals surface area contributed by atoms with E-state index in [1.54, 1.807) is 0 Å². The Hall–Kier alpha value is -2.56. The van der Waals surface area contributed by atoms with Crippen molar-refractivity contribution >= 4 is 25.7 Å². The number of nitrogens with two attached hydrogens (primary N) is 1.